The lowest BCUT2D eigenvalue weighted by Gasteiger charge is -2.38. The molecule has 3 rings (SSSR count). The van der Waals surface area contributed by atoms with E-state index in [0.717, 1.165) is 38.8 Å². The van der Waals surface area contributed by atoms with Gasteiger partial charge in [0, 0.05) is 30.2 Å². The molecule has 7 heteroatoms. The first-order chi connectivity index (χ1) is 13.0. The van der Waals surface area contributed by atoms with Gasteiger partial charge in [-0.15, -0.1) is 12.4 Å². The Morgan fingerprint density at radius 3 is 2.39 bits per heavy atom. The Morgan fingerprint density at radius 2 is 1.79 bits per heavy atom. The monoisotopic (exact) mass is 409 g/mol. The predicted octanol–water partition coefficient (Wildman–Crippen LogP) is 2.76. The number of carbonyl (C=O) groups excluding carboxylic acids is 2. The Balaban J connectivity index is 0.00000280. The third-order valence-electron chi connectivity index (χ3n) is 5.59. The third-order valence-corrected chi connectivity index (χ3v) is 5.59. The molecule has 2 heterocycles. The lowest BCUT2D eigenvalue weighted by molar-refractivity contribution is -0.139. The highest BCUT2D eigenvalue weighted by Gasteiger charge is 2.29. The summed E-state index contributed by atoms with van der Waals surface area (Å²) in [5.41, 5.74) is 0.609. The highest BCUT2D eigenvalue weighted by Crippen LogP contribution is 2.23. The number of ether oxygens (including phenoxy) is 1. The van der Waals surface area contributed by atoms with Crippen LogP contribution in [0.4, 0.5) is 0 Å². The van der Waals surface area contributed by atoms with Crippen molar-refractivity contribution >= 4 is 24.2 Å². The molecule has 2 aliphatic rings. The summed E-state index contributed by atoms with van der Waals surface area (Å²) in [5, 5.41) is 6.35. The summed E-state index contributed by atoms with van der Waals surface area (Å²) in [4.78, 5) is 26.8. The topological polar surface area (TPSA) is 70.7 Å². The van der Waals surface area contributed by atoms with Gasteiger partial charge in [-0.05, 0) is 76.8 Å². The first-order valence-corrected chi connectivity index (χ1v) is 10.1. The van der Waals surface area contributed by atoms with Gasteiger partial charge in [0.15, 0.2) is 6.61 Å². The van der Waals surface area contributed by atoms with E-state index in [9.17, 15) is 9.59 Å². The van der Waals surface area contributed by atoms with E-state index in [1.165, 1.54) is 6.42 Å². The van der Waals surface area contributed by atoms with E-state index in [0.29, 0.717) is 11.3 Å². The number of rotatable bonds is 5. The highest BCUT2D eigenvalue weighted by atomic mass is 35.5. The molecule has 28 heavy (non-hydrogen) atoms. The van der Waals surface area contributed by atoms with Gasteiger partial charge in [-0.3, -0.25) is 9.59 Å². The minimum atomic E-state index is -0.0673. The smallest absolute Gasteiger partial charge is 0.260 e. The summed E-state index contributed by atoms with van der Waals surface area (Å²) < 4.78 is 5.67. The number of nitrogens with zero attached hydrogens (tertiary/aromatic N) is 1. The minimum absolute atomic E-state index is 0. The van der Waals surface area contributed by atoms with Crippen molar-refractivity contribution in [2.24, 2.45) is 0 Å². The quantitative estimate of drug-likeness (QED) is 0.784. The average molecular weight is 410 g/mol. The average Bonchev–Trinajstić information content (AvgIpc) is 2.67. The molecule has 0 bridgehead atoms. The van der Waals surface area contributed by atoms with E-state index in [1.54, 1.807) is 24.3 Å². The van der Waals surface area contributed by atoms with Crippen LogP contribution >= 0.6 is 12.4 Å². The maximum atomic E-state index is 12.5. The summed E-state index contributed by atoms with van der Waals surface area (Å²) in [5.74, 6) is 0.570. The second-order valence-corrected chi connectivity index (χ2v) is 7.76. The van der Waals surface area contributed by atoms with Crippen LogP contribution in [0.3, 0.4) is 0 Å². The molecule has 0 aliphatic carbocycles. The molecule has 2 N–H and O–H groups in total. The number of piperidine rings is 2. The summed E-state index contributed by atoms with van der Waals surface area (Å²) in [6.07, 6.45) is 5.37. The van der Waals surface area contributed by atoms with Crippen molar-refractivity contribution in [3.63, 3.8) is 0 Å². The summed E-state index contributed by atoms with van der Waals surface area (Å²) in [7, 11) is 0. The lowest BCUT2D eigenvalue weighted by atomic mass is 9.97. The summed E-state index contributed by atoms with van der Waals surface area (Å²) in [6, 6.07) is 7.73. The van der Waals surface area contributed by atoms with Crippen LogP contribution in [0.5, 0.6) is 5.75 Å². The fourth-order valence-corrected chi connectivity index (χ4v) is 4.08. The molecule has 3 atom stereocenters. The molecule has 2 unspecified atom stereocenters. The maximum absolute atomic E-state index is 12.5. The summed E-state index contributed by atoms with van der Waals surface area (Å²) >= 11 is 0. The zero-order valence-electron chi connectivity index (χ0n) is 16.8. The van der Waals surface area contributed by atoms with Crippen molar-refractivity contribution in [2.45, 2.75) is 64.1 Å². The van der Waals surface area contributed by atoms with Gasteiger partial charge < -0.3 is 20.3 Å². The number of hydrogen-bond donors (Lipinski definition) is 2. The fourth-order valence-electron chi connectivity index (χ4n) is 4.08. The first-order valence-electron chi connectivity index (χ1n) is 10.1. The maximum Gasteiger partial charge on any atom is 0.260 e. The fraction of sp³-hybridized carbons (Fsp3) is 0.619. The minimum Gasteiger partial charge on any atom is -0.484 e. The second-order valence-electron chi connectivity index (χ2n) is 7.76. The van der Waals surface area contributed by atoms with Gasteiger partial charge in [-0.2, -0.15) is 0 Å². The van der Waals surface area contributed by atoms with Crippen LogP contribution in [0.15, 0.2) is 24.3 Å². The number of hydrogen-bond acceptors (Lipinski definition) is 4. The van der Waals surface area contributed by atoms with E-state index in [1.807, 2.05) is 4.90 Å². The lowest BCUT2D eigenvalue weighted by Crippen LogP contribution is -2.49. The Morgan fingerprint density at radius 1 is 1.11 bits per heavy atom. The van der Waals surface area contributed by atoms with Crippen LogP contribution in [0.2, 0.25) is 0 Å². The number of amides is 2. The normalized spacial score (nSPS) is 24.8. The zero-order chi connectivity index (χ0) is 19.2. The van der Waals surface area contributed by atoms with E-state index in [2.05, 4.69) is 24.5 Å². The highest BCUT2D eigenvalue weighted by molar-refractivity contribution is 5.94. The van der Waals surface area contributed by atoms with Gasteiger partial charge in [0.05, 0.1) is 0 Å². The van der Waals surface area contributed by atoms with Crippen molar-refractivity contribution < 1.29 is 14.3 Å². The molecule has 6 nitrogen and oxygen atoms in total. The van der Waals surface area contributed by atoms with Crippen LogP contribution in [0.1, 0.15) is 56.3 Å². The Bertz CT molecular complexity index is 637. The molecular formula is C21H32ClN3O3. The van der Waals surface area contributed by atoms with Crippen LogP contribution in [-0.4, -0.2) is 54.5 Å². The number of likely N-dealkylation sites (tertiary alicyclic amines) is 1. The molecule has 2 amide bonds. The predicted molar refractivity (Wildman–Crippen MR) is 112 cm³/mol. The van der Waals surface area contributed by atoms with E-state index in [4.69, 9.17) is 4.74 Å². The number of benzene rings is 1. The zero-order valence-corrected chi connectivity index (χ0v) is 17.6. The molecule has 1 aromatic carbocycles. The molecule has 156 valence electrons. The van der Waals surface area contributed by atoms with E-state index in [-0.39, 0.29) is 49.0 Å². The van der Waals surface area contributed by atoms with Gasteiger partial charge in [0.1, 0.15) is 5.75 Å². The summed E-state index contributed by atoms with van der Waals surface area (Å²) in [6.45, 7) is 6.08. The van der Waals surface area contributed by atoms with Crippen molar-refractivity contribution in [1.82, 2.24) is 15.5 Å². The van der Waals surface area contributed by atoms with E-state index < -0.39 is 0 Å². The molecule has 1 aromatic rings. The molecule has 2 aliphatic heterocycles. The first kappa shape index (κ1) is 22.5. The van der Waals surface area contributed by atoms with Crippen LogP contribution in [0, 0.1) is 0 Å². The number of nitrogens with one attached hydrogen (secondary N) is 2. The number of halogens is 1. The molecule has 0 aromatic heterocycles. The van der Waals surface area contributed by atoms with Crippen LogP contribution in [0.25, 0.3) is 0 Å². The molecular weight excluding hydrogens is 378 g/mol. The van der Waals surface area contributed by atoms with Gasteiger partial charge >= 0.3 is 0 Å². The largest absolute Gasteiger partial charge is 0.484 e. The second kappa shape index (κ2) is 10.7. The van der Waals surface area contributed by atoms with Crippen LogP contribution in [-0.2, 0) is 4.79 Å². The molecule has 2 fully saturated rings. The SMILES string of the molecule is CC1CCCC(C)N1C(=O)COc1ccc(C(=O)N[C@H]2CCCNC2)cc1.Cl. The Kier molecular flexibility index (Phi) is 8.58. The molecule has 0 spiro atoms. The standard InChI is InChI=1S/C21H31N3O3.ClH/c1-15-5-3-6-16(2)24(15)20(25)14-27-19-10-8-17(9-11-19)21(26)23-18-7-4-12-22-13-18;/h8-11,15-16,18,22H,3-7,12-14H2,1-2H3,(H,23,26);1H/t15?,16?,18-;/m0./s1. The van der Waals surface area contributed by atoms with E-state index >= 15 is 0 Å². The van der Waals surface area contributed by atoms with Crippen molar-refractivity contribution in [3.8, 4) is 5.75 Å². The third kappa shape index (κ3) is 5.85. The van der Waals surface area contributed by atoms with Crippen molar-refractivity contribution in [3.05, 3.63) is 29.8 Å². The molecule has 2 saturated heterocycles. The van der Waals surface area contributed by atoms with Gasteiger partial charge in [-0.1, -0.05) is 0 Å². The van der Waals surface area contributed by atoms with Gasteiger partial charge in [0.25, 0.3) is 11.8 Å². The van der Waals surface area contributed by atoms with Gasteiger partial charge in [-0.25, -0.2) is 0 Å². The Labute approximate surface area is 173 Å². The van der Waals surface area contributed by atoms with Crippen LogP contribution < -0.4 is 15.4 Å². The molecule has 0 saturated carbocycles. The van der Waals surface area contributed by atoms with Crippen molar-refractivity contribution in [1.29, 1.82) is 0 Å². The molecule has 0 radical (unpaired) electrons. The number of carbonyl (C=O) groups is 2. The Hall–Kier alpha value is -1.79. The van der Waals surface area contributed by atoms with Crippen molar-refractivity contribution in [2.75, 3.05) is 19.7 Å². The van der Waals surface area contributed by atoms with Gasteiger partial charge in [0.2, 0.25) is 0 Å².